The maximum absolute atomic E-state index is 12.1. The molecule has 0 unspecified atom stereocenters. The Morgan fingerprint density at radius 2 is 2.00 bits per heavy atom. The predicted molar refractivity (Wildman–Crippen MR) is 78.8 cm³/mol. The number of carbonyl (C=O) groups excluding carboxylic acids is 1. The van der Waals surface area contributed by atoms with Crippen molar-refractivity contribution in [1.29, 1.82) is 0 Å². The average molecular weight is 339 g/mol. The summed E-state index contributed by atoms with van der Waals surface area (Å²) in [7, 11) is 1.55. The molecule has 0 saturated carbocycles. The van der Waals surface area contributed by atoms with E-state index in [1.165, 1.54) is 0 Å². The van der Waals surface area contributed by atoms with Gasteiger partial charge in [0.25, 0.3) is 5.91 Å². The zero-order valence-corrected chi connectivity index (χ0v) is 13.1. The van der Waals surface area contributed by atoms with Crippen molar-refractivity contribution >= 4 is 27.5 Å². The van der Waals surface area contributed by atoms with Crippen molar-refractivity contribution < 1.29 is 14.1 Å². The smallest absolute Gasteiger partial charge is 0.277 e. The third-order valence-corrected chi connectivity index (χ3v) is 3.27. The number of ether oxygens (including phenoxy) is 1. The lowest BCUT2D eigenvalue weighted by atomic mass is 10.1. The largest absolute Gasteiger partial charge is 0.377 e. The number of aromatic nitrogens is 1. The second kappa shape index (κ2) is 6.19. The molecule has 0 radical (unpaired) electrons. The molecule has 0 aliphatic rings. The van der Waals surface area contributed by atoms with E-state index in [0.29, 0.717) is 5.76 Å². The quantitative estimate of drug-likeness (QED) is 0.927. The molecule has 2 aromatic rings. The minimum Gasteiger partial charge on any atom is -0.377 e. The summed E-state index contributed by atoms with van der Waals surface area (Å²) >= 11 is 3.42. The van der Waals surface area contributed by atoms with Crippen LogP contribution in [0.4, 0.5) is 5.69 Å². The normalized spacial score (nSPS) is 10.6. The van der Waals surface area contributed by atoms with E-state index < -0.39 is 0 Å². The SMILES string of the molecule is COCc1cc(C(=O)Nc2c(C)cc(Br)cc2C)no1. The molecular formula is C14H15BrN2O3. The van der Waals surface area contributed by atoms with Crippen LogP contribution in [0, 0.1) is 13.8 Å². The van der Waals surface area contributed by atoms with Gasteiger partial charge in [-0.2, -0.15) is 0 Å². The van der Waals surface area contributed by atoms with Crippen LogP contribution in [0.2, 0.25) is 0 Å². The molecule has 0 spiro atoms. The van der Waals surface area contributed by atoms with Gasteiger partial charge in [-0.05, 0) is 37.1 Å². The molecule has 0 saturated heterocycles. The van der Waals surface area contributed by atoms with Gasteiger partial charge in [-0.3, -0.25) is 4.79 Å². The predicted octanol–water partition coefficient (Wildman–Crippen LogP) is 3.45. The number of rotatable bonds is 4. The molecule has 0 aliphatic heterocycles. The van der Waals surface area contributed by atoms with Crippen LogP contribution in [0.3, 0.4) is 0 Å². The van der Waals surface area contributed by atoms with Gasteiger partial charge in [0.15, 0.2) is 11.5 Å². The molecule has 5 nitrogen and oxygen atoms in total. The van der Waals surface area contributed by atoms with Gasteiger partial charge >= 0.3 is 0 Å². The van der Waals surface area contributed by atoms with Crippen molar-refractivity contribution in [2.45, 2.75) is 20.5 Å². The van der Waals surface area contributed by atoms with Gasteiger partial charge in [0.05, 0.1) is 0 Å². The fraction of sp³-hybridized carbons (Fsp3) is 0.286. The van der Waals surface area contributed by atoms with Crippen LogP contribution in [-0.2, 0) is 11.3 Å². The molecule has 1 amide bonds. The summed E-state index contributed by atoms with van der Waals surface area (Å²) in [6.07, 6.45) is 0. The highest BCUT2D eigenvalue weighted by Gasteiger charge is 2.15. The van der Waals surface area contributed by atoms with Gasteiger partial charge in [0.2, 0.25) is 0 Å². The molecule has 6 heteroatoms. The molecule has 1 heterocycles. The summed E-state index contributed by atoms with van der Waals surface area (Å²) in [5, 5.41) is 6.59. The minimum atomic E-state index is -0.301. The lowest BCUT2D eigenvalue weighted by Crippen LogP contribution is -2.14. The fourth-order valence-corrected chi connectivity index (χ4v) is 2.60. The van der Waals surface area contributed by atoms with Gasteiger partial charge in [0, 0.05) is 23.3 Å². The highest BCUT2D eigenvalue weighted by Crippen LogP contribution is 2.25. The third kappa shape index (κ3) is 3.26. The molecule has 0 fully saturated rings. The molecule has 20 heavy (non-hydrogen) atoms. The highest BCUT2D eigenvalue weighted by molar-refractivity contribution is 9.10. The molecule has 1 aromatic carbocycles. The Bertz CT molecular complexity index is 614. The van der Waals surface area contributed by atoms with E-state index in [0.717, 1.165) is 21.3 Å². The van der Waals surface area contributed by atoms with Crippen molar-refractivity contribution in [2.24, 2.45) is 0 Å². The van der Waals surface area contributed by atoms with E-state index in [9.17, 15) is 4.79 Å². The number of amides is 1. The lowest BCUT2D eigenvalue weighted by molar-refractivity contribution is 0.101. The average Bonchev–Trinajstić information content (AvgIpc) is 2.82. The molecule has 0 atom stereocenters. The number of methoxy groups -OCH3 is 1. The maximum atomic E-state index is 12.1. The highest BCUT2D eigenvalue weighted by atomic mass is 79.9. The summed E-state index contributed by atoms with van der Waals surface area (Å²) < 4.78 is 10.9. The number of anilines is 1. The Balaban J connectivity index is 2.19. The Labute approximate surface area is 125 Å². The standard InChI is InChI=1S/C14H15BrN2O3/c1-8-4-10(15)5-9(2)13(8)16-14(18)12-6-11(7-19-3)20-17-12/h4-6H,7H2,1-3H3,(H,16,18). The topological polar surface area (TPSA) is 64.4 Å². The Morgan fingerprint density at radius 1 is 1.35 bits per heavy atom. The summed E-state index contributed by atoms with van der Waals surface area (Å²) in [6.45, 7) is 4.16. The molecule has 2 rings (SSSR count). The number of nitrogens with zero attached hydrogens (tertiary/aromatic N) is 1. The number of nitrogens with one attached hydrogen (secondary N) is 1. The third-order valence-electron chi connectivity index (χ3n) is 2.81. The first kappa shape index (κ1) is 14.7. The Morgan fingerprint density at radius 3 is 2.60 bits per heavy atom. The van der Waals surface area contributed by atoms with Crippen LogP contribution in [0.1, 0.15) is 27.4 Å². The minimum absolute atomic E-state index is 0.235. The fourth-order valence-electron chi connectivity index (χ4n) is 1.92. The van der Waals surface area contributed by atoms with Crippen LogP contribution in [0.5, 0.6) is 0 Å². The Kier molecular flexibility index (Phi) is 4.57. The first-order valence-electron chi connectivity index (χ1n) is 6.04. The van der Waals surface area contributed by atoms with Crippen LogP contribution in [0.25, 0.3) is 0 Å². The van der Waals surface area contributed by atoms with Crippen LogP contribution < -0.4 is 5.32 Å². The first-order valence-corrected chi connectivity index (χ1v) is 6.83. The van der Waals surface area contributed by atoms with Gasteiger partial charge < -0.3 is 14.6 Å². The van der Waals surface area contributed by atoms with Gasteiger partial charge in [-0.1, -0.05) is 21.1 Å². The molecule has 0 bridgehead atoms. The number of benzene rings is 1. The summed E-state index contributed by atoms with van der Waals surface area (Å²) in [5.74, 6) is 0.214. The number of aryl methyl sites for hydroxylation is 2. The van der Waals surface area contributed by atoms with E-state index in [4.69, 9.17) is 9.26 Å². The molecular weight excluding hydrogens is 324 g/mol. The summed E-state index contributed by atoms with van der Waals surface area (Å²) in [6, 6.07) is 5.46. The molecule has 106 valence electrons. The van der Waals surface area contributed by atoms with E-state index in [-0.39, 0.29) is 18.2 Å². The van der Waals surface area contributed by atoms with Gasteiger partial charge in [0.1, 0.15) is 6.61 Å². The summed E-state index contributed by atoms with van der Waals surface area (Å²) in [4.78, 5) is 12.1. The monoisotopic (exact) mass is 338 g/mol. The van der Waals surface area contributed by atoms with Crippen molar-refractivity contribution in [1.82, 2.24) is 5.16 Å². The first-order chi connectivity index (χ1) is 9.51. The maximum Gasteiger partial charge on any atom is 0.277 e. The van der Waals surface area contributed by atoms with Gasteiger partial charge in [-0.15, -0.1) is 0 Å². The second-order valence-corrected chi connectivity index (χ2v) is 5.40. The molecule has 0 aliphatic carbocycles. The zero-order valence-electron chi connectivity index (χ0n) is 11.5. The molecule has 1 N–H and O–H groups in total. The van der Waals surface area contributed by atoms with Crippen molar-refractivity contribution in [2.75, 3.05) is 12.4 Å². The van der Waals surface area contributed by atoms with Crippen LogP contribution >= 0.6 is 15.9 Å². The summed E-state index contributed by atoms with van der Waals surface area (Å²) in [5.41, 5.74) is 2.98. The molecule has 1 aromatic heterocycles. The van der Waals surface area contributed by atoms with E-state index >= 15 is 0 Å². The Hall–Kier alpha value is -1.66. The zero-order chi connectivity index (χ0) is 14.7. The van der Waals surface area contributed by atoms with Crippen LogP contribution in [0.15, 0.2) is 27.2 Å². The second-order valence-electron chi connectivity index (χ2n) is 4.48. The van der Waals surface area contributed by atoms with E-state index in [2.05, 4.69) is 26.4 Å². The van der Waals surface area contributed by atoms with Crippen molar-refractivity contribution in [3.8, 4) is 0 Å². The van der Waals surface area contributed by atoms with E-state index in [1.807, 2.05) is 26.0 Å². The van der Waals surface area contributed by atoms with Crippen molar-refractivity contribution in [3.63, 3.8) is 0 Å². The number of halogens is 1. The van der Waals surface area contributed by atoms with E-state index in [1.54, 1.807) is 13.2 Å². The van der Waals surface area contributed by atoms with Crippen molar-refractivity contribution in [3.05, 3.63) is 45.3 Å². The number of carbonyl (C=O) groups is 1. The number of hydrogen-bond acceptors (Lipinski definition) is 4. The lowest BCUT2D eigenvalue weighted by Gasteiger charge is -2.11. The van der Waals surface area contributed by atoms with Crippen LogP contribution in [-0.4, -0.2) is 18.2 Å². The number of hydrogen-bond donors (Lipinski definition) is 1. The van der Waals surface area contributed by atoms with Gasteiger partial charge in [-0.25, -0.2) is 0 Å².